The van der Waals surface area contributed by atoms with Crippen LogP contribution >= 0.6 is 11.3 Å². The number of aromatic nitrogens is 5. The molecular formula is C11H12N6OS. The lowest BCUT2D eigenvalue weighted by Gasteiger charge is -1.99. The summed E-state index contributed by atoms with van der Waals surface area (Å²) in [7, 11) is 1.88. The lowest BCUT2D eigenvalue weighted by atomic mass is 10.3. The molecule has 3 aromatic rings. The number of nitrogens with zero attached hydrogens (tertiary/aromatic N) is 4. The number of fused-ring (bicyclic) bond motifs is 1. The molecule has 19 heavy (non-hydrogen) atoms. The van der Waals surface area contributed by atoms with Crippen molar-refractivity contribution >= 4 is 27.5 Å². The van der Waals surface area contributed by atoms with Crippen LogP contribution in [0.4, 0.5) is 0 Å². The van der Waals surface area contributed by atoms with E-state index in [1.54, 1.807) is 4.68 Å². The molecule has 0 spiro atoms. The SMILES string of the molecule is Cc1nn(C)c2sc(C(=O)NCc3ncn[nH]3)cc12. The molecule has 8 heteroatoms. The third kappa shape index (κ3) is 2.10. The van der Waals surface area contributed by atoms with Gasteiger partial charge in [0.05, 0.1) is 17.1 Å². The number of amides is 1. The van der Waals surface area contributed by atoms with E-state index < -0.39 is 0 Å². The lowest BCUT2D eigenvalue weighted by Crippen LogP contribution is -2.22. The molecule has 3 rings (SSSR count). The Kier molecular flexibility index (Phi) is 2.79. The van der Waals surface area contributed by atoms with Gasteiger partial charge < -0.3 is 5.32 Å². The van der Waals surface area contributed by atoms with Crippen molar-refractivity contribution in [3.63, 3.8) is 0 Å². The largest absolute Gasteiger partial charge is 0.344 e. The van der Waals surface area contributed by atoms with Gasteiger partial charge in [-0.2, -0.15) is 10.2 Å². The van der Waals surface area contributed by atoms with Crippen LogP contribution in [0.2, 0.25) is 0 Å². The first-order valence-corrected chi connectivity index (χ1v) is 6.52. The summed E-state index contributed by atoms with van der Waals surface area (Å²) in [6.07, 6.45) is 1.41. The van der Waals surface area contributed by atoms with Crippen molar-refractivity contribution in [3.05, 3.63) is 28.8 Å². The van der Waals surface area contributed by atoms with Crippen LogP contribution < -0.4 is 5.32 Å². The van der Waals surface area contributed by atoms with Crippen molar-refractivity contribution in [3.8, 4) is 0 Å². The number of thiophene rings is 1. The van der Waals surface area contributed by atoms with Crippen molar-refractivity contribution in [2.45, 2.75) is 13.5 Å². The zero-order valence-electron chi connectivity index (χ0n) is 10.5. The number of hydrogen-bond acceptors (Lipinski definition) is 5. The summed E-state index contributed by atoms with van der Waals surface area (Å²) in [4.78, 5) is 17.7. The van der Waals surface area contributed by atoms with E-state index in [0.717, 1.165) is 15.9 Å². The van der Waals surface area contributed by atoms with E-state index in [9.17, 15) is 4.79 Å². The monoisotopic (exact) mass is 276 g/mol. The van der Waals surface area contributed by atoms with E-state index in [-0.39, 0.29) is 5.91 Å². The number of carbonyl (C=O) groups is 1. The number of H-pyrrole nitrogens is 1. The summed E-state index contributed by atoms with van der Waals surface area (Å²) in [6, 6.07) is 1.87. The minimum atomic E-state index is -0.114. The maximum Gasteiger partial charge on any atom is 0.261 e. The molecule has 0 aliphatic heterocycles. The maximum atomic E-state index is 12.0. The Morgan fingerprint density at radius 2 is 2.42 bits per heavy atom. The van der Waals surface area contributed by atoms with Crippen molar-refractivity contribution in [1.82, 2.24) is 30.3 Å². The summed E-state index contributed by atoms with van der Waals surface area (Å²) in [6.45, 7) is 2.27. The molecule has 98 valence electrons. The Balaban J connectivity index is 1.79. The standard InChI is InChI=1S/C11H12N6OS/c1-6-7-3-8(19-11(7)17(2)16-6)10(18)12-4-9-13-5-14-15-9/h3,5H,4H2,1-2H3,(H,12,18)(H,13,14,15). The summed E-state index contributed by atoms with van der Waals surface area (Å²) in [5.41, 5.74) is 0.933. The van der Waals surface area contributed by atoms with Crippen LogP contribution in [0.15, 0.2) is 12.4 Å². The van der Waals surface area contributed by atoms with Gasteiger partial charge in [0.15, 0.2) is 0 Å². The Morgan fingerprint density at radius 3 is 3.11 bits per heavy atom. The Hall–Kier alpha value is -2.22. The minimum Gasteiger partial charge on any atom is -0.344 e. The van der Waals surface area contributed by atoms with Crippen molar-refractivity contribution in [2.24, 2.45) is 7.05 Å². The molecule has 0 saturated heterocycles. The average molecular weight is 276 g/mol. The third-order valence-electron chi connectivity index (χ3n) is 2.80. The highest BCUT2D eigenvalue weighted by atomic mass is 32.1. The molecule has 0 radical (unpaired) electrons. The molecule has 0 unspecified atom stereocenters. The number of carbonyl (C=O) groups excluding carboxylic acids is 1. The topological polar surface area (TPSA) is 88.5 Å². The quantitative estimate of drug-likeness (QED) is 0.746. The number of nitrogens with one attached hydrogen (secondary N) is 2. The smallest absolute Gasteiger partial charge is 0.261 e. The van der Waals surface area contributed by atoms with Gasteiger partial charge in [0.25, 0.3) is 5.91 Å². The van der Waals surface area contributed by atoms with Crippen molar-refractivity contribution < 1.29 is 4.79 Å². The second-order valence-corrected chi connectivity index (χ2v) is 5.18. The maximum absolute atomic E-state index is 12.0. The van der Waals surface area contributed by atoms with Gasteiger partial charge in [-0.1, -0.05) is 0 Å². The summed E-state index contributed by atoms with van der Waals surface area (Å²) in [5.74, 6) is 0.518. The normalized spacial score (nSPS) is 11.1. The summed E-state index contributed by atoms with van der Waals surface area (Å²) >= 11 is 1.43. The second-order valence-electron chi connectivity index (χ2n) is 4.15. The molecule has 2 N–H and O–H groups in total. The molecule has 0 aromatic carbocycles. The fraction of sp³-hybridized carbons (Fsp3) is 0.273. The highest BCUT2D eigenvalue weighted by molar-refractivity contribution is 7.20. The fourth-order valence-electron chi connectivity index (χ4n) is 1.88. The van der Waals surface area contributed by atoms with Gasteiger partial charge in [0, 0.05) is 12.4 Å². The van der Waals surface area contributed by atoms with E-state index in [1.165, 1.54) is 17.7 Å². The van der Waals surface area contributed by atoms with Gasteiger partial charge in [0.1, 0.15) is 17.0 Å². The molecule has 0 fully saturated rings. The molecule has 0 bridgehead atoms. The Morgan fingerprint density at radius 1 is 1.58 bits per heavy atom. The van der Waals surface area contributed by atoms with Crippen LogP contribution in [0.5, 0.6) is 0 Å². The predicted octanol–water partition coefficient (Wildman–Crippen LogP) is 0.991. The van der Waals surface area contributed by atoms with E-state index in [4.69, 9.17) is 0 Å². The molecule has 0 aliphatic carbocycles. The van der Waals surface area contributed by atoms with Crippen LogP contribution in [0, 0.1) is 6.92 Å². The van der Waals surface area contributed by atoms with Crippen molar-refractivity contribution in [2.75, 3.05) is 0 Å². The van der Waals surface area contributed by atoms with Crippen LogP contribution in [-0.4, -0.2) is 30.9 Å². The number of rotatable bonds is 3. The van der Waals surface area contributed by atoms with E-state index in [0.29, 0.717) is 17.2 Å². The number of aromatic amines is 1. The first-order valence-electron chi connectivity index (χ1n) is 5.70. The highest BCUT2D eigenvalue weighted by Crippen LogP contribution is 2.27. The first-order chi connectivity index (χ1) is 9.15. The Bertz CT molecular complexity index is 691. The van der Waals surface area contributed by atoms with Gasteiger partial charge in [-0.25, -0.2) is 4.98 Å². The van der Waals surface area contributed by atoms with Crippen LogP contribution in [0.3, 0.4) is 0 Å². The van der Waals surface area contributed by atoms with Gasteiger partial charge >= 0.3 is 0 Å². The average Bonchev–Trinajstić information content (AvgIpc) is 3.08. The zero-order chi connectivity index (χ0) is 13.4. The van der Waals surface area contributed by atoms with Crippen LogP contribution in [-0.2, 0) is 13.6 Å². The molecule has 3 aromatic heterocycles. The summed E-state index contributed by atoms with van der Waals surface area (Å²) in [5, 5.41) is 14.6. The van der Waals surface area contributed by atoms with E-state index >= 15 is 0 Å². The minimum absolute atomic E-state index is 0.114. The lowest BCUT2D eigenvalue weighted by molar-refractivity contribution is 0.0954. The molecule has 0 saturated carbocycles. The fourth-order valence-corrected chi connectivity index (χ4v) is 2.92. The van der Waals surface area contributed by atoms with Gasteiger partial charge in [0.2, 0.25) is 0 Å². The molecule has 0 atom stereocenters. The molecule has 0 aliphatic rings. The molecule has 1 amide bonds. The number of hydrogen-bond donors (Lipinski definition) is 2. The van der Waals surface area contributed by atoms with Gasteiger partial charge in [-0.3, -0.25) is 14.6 Å². The van der Waals surface area contributed by atoms with Gasteiger partial charge in [-0.05, 0) is 13.0 Å². The second kappa shape index (κ2) is 4.47. The van der Waals surface area contributed by atoms with E-state index in [2.05, 4.69) is 25.6 Å². The summed E-state index contributed by atoms with van der Waals surface area (Å²) < 4.78 is 1.79. The highest BCUT2D eigenvalue weighted by Gasteiger charge is 2.14. The van der Waals surface area contributed by atoms with Crippen LogP contribution in [0.25, 0.3) is 10.2 Å². The Labute approximate surface area is 112 Å². The van der Waals surface area contributed by atoms with Crippen molar-refractivity contribution in [1.29, 1.82) is 0 Å². The first kappa shape index (κ1) is 11.8. The van der Waals surface area contributed by atoms with Gasteiger partial charge in [-0.15, -0.1) is 11.3 Å². The molecular weight excluding hydrogens is 264 g/mol. The third-order valence-corrected chi connectivity index (χ3v) is 4.00. The number of aryl methyl sites for hydroxylation is 2. The molecule has 7 nitrogen and oxygen atoms in total. The molecule has 3 heterocycles. The van der Waals surface area contributed by atoms with Crippen LogP contribution in [0.1, 0.15) is 21.2 Å². The zero-order valence-corrected chi connectivity index (χ0v) is 11.3. The van der Waals surface area contributed by atoms with E-state index in [1.807, 2.05) is 20.0 Å². The predicted molar refractivity (Wildman–Crippen MR) is 70.9 cm³/mol.